The van der Waals surface area contributed by atoms with Crippen LogP contribution in [0.3, 0.4) is 0 Å². The second-order valence-corrected chi connectivity index (χ2v) is 4.82. The van der Waals surface area contributed by atoms with Crippen LogP contribution < -0.4 is 4.90 Å². The molecule has 0 spiro atoms. The second-order valence-electron chi connectivity index (χ2n) is 4.82. The minimum absolute atomic E-state index is 0.0693. The molecule has 4 heteroatoms. The third-order valence-electron chi connectivity index (χ3n) is 3.50. The van der Waals surface area contributed by atoms with E-state index in [1.807, 2.05) is 31.2 Å². The Kier molecular flexibility index (Phi) is 3.57. The van der Waals surface area contributed by atoms with Gasteiger partial charge in [-0.15, -0.1) is 0 Å². The fourth-order valence-electron chi connectivity index (χ4n) is 2.40. The van der Waals surface area contributed by atoms with Gasteiger partial charge in [0.05, 0.1) is 24.4 Å². The van der Waals surface area contributed by atoms with Crippen molar-refractivity contribution in [3.63, 3.8) is 0 Å². The van der Waals surface area contributed by atoms with E-state index in [4.69, 9.17) is 4.74 Å². The van der Waals surface area contributed by atoms with Crippen molar-refractivity contribution in [3.8, 4) is 0 Å². The summed E-state index contributed by atoms with van der Waals surface area (Å²) in [6.45, 7) is 3.93. The van der Waals surface area contributed by atoms with E-state index in [-0.39, 0.29) is 12.7 Å². The molecule has 18 heavy (non-hydrogen) atoms. The summed E-state index contributed by atoms with van der Waals surface area (Å²) in [5.41, 5.74) is 1.39. The van der Waals surface area contributed by atoms with E-state index in [0.717, 1.165) is 24.1 Å². The molecule has 1 heterocycles. The molecule has 0 aromatic heterocycles. The summed E-state index contributed by atoms with van der Waals surface area (Å²) in [6.07, 6.45) is 1.21. The van der Waals surface area contributed by atoms with Crippen molar-refractivity contribution in [2.45, 2.75) is 32.2 Å². The maximum atomic E-state index is 12.1. The molecule has 2 rings (SSSR count). The predicted molar refractivity (Wildman–Crippen MR) is 69.8 cm³/mol. The molecule has 1 aromatic rings. The van der Waals surface area contributed by atoms with E-state index in [0.29, 0.717) is 6.61 Å². The van der Waals surface area contributed by atoms with Gasteiger partial charge in [-0.05, 0) is 38.3 Å². The van der Waals surface area contributed by atoms with E-state index in [1.54, 1.807) is 11.8 Å². The number of anilines is 1. The van der Waals surface area contributed by atoms with Gasteiger partial charge in [-0.1, -0.05) is 18.2 Å². The van der Waals surface area contributed by atoms with Crippen molar-refractivity contribution in [1.29, 1.82) is 0 Å². The average molecular weight is 249 g/mol. The van der Waals surface area contributed by atoms with Gasteiger partial charge in [0.15, 0.2) is 0 Å². The first-order chi connectivity index (χ1) is 8.62. The maximum absolute atomic E-state index is 12.1. The highest BCUT2D eigenvalue weighted by molar-refractivity contribution is 5.91. The number of benzene rings is 1. The number of amides is 1. The standard InChI is InChI=1S/C14H19NO3/c1-3-18-13(17)15-12-7-5-4-6-11(12)8-9-14(15,2)10-16/h4-7,16H,3,8-10H2,1-2H3. The molecular formula is C14H19NO3. The highest BCUT2D eigenvalue weighted by atomic mass is 16.6. The third kappa shape index (κ3) is 2.08. The lowest BCUT2D eigenvalue weighted by Gasteiger charge is -2.43. The van der Waals surface area contributed by atoms with Crippen molar-refractivity contribution >= 4 is 11.8 Å². The number of hydrogen-bond donors (Lipinski definition) is 1. The number of nitrogens with zero attached hydrogens (tertiary/aromatic N) is 1. The van der Waals surface area contributed by atoms with Gasteiger partial charge in [0.25, 0.3) is 0 Å². The van der Waals surface area contributed by atoms with Crippen molar-refractivity contribution < 1.29 is 14.6 Å². The number of ether oxygens (including phenoxy) is 1. The summed E-state index contributed by atoms with van der Waals surface area (Å²) in [7, 11) is 0. The molecule has 1 atom stereocenters. The molecule has 1 unspecified atom stereocenters. The van der Waals surface area contributed by atoms with Crippen LogP contribution in [0.15, 0.2) is 24.3 Å². The van der Waals surface area contributed by atoms with Gasteiger partial charge in [-0.3, -0.25) is 4.90 Å². The number of carbonyl (C=O) groups is 1. The lowest BCUT2D eigenvalue weighted by Crippen LogP contribution is -2.55. The molecule has 0 aliphatic carbocycles. The number of aliphatic hydroxyl groups is 1. The monoisotopic (exact) mass is 249 g/mol. The first-order valence-electron chi connectivity index (χ1n) is 6.28. The van der Waals surface area contributed by atoms with Crippen LogP contribution in [0.5, 0.6) is 0 Å². The number of para-hydroxylation sites is 1. The van der Waals surface area contributed by atoms with Crippen LogP contribution in [0, 0.1) is 0 Å². The summed E-state index contributed by atoms with van der Waals surface area (Å²) >= 11 is 0. The van der Waals surface area contributed by atoms with Gasteiger partial charge >= 0.3 is 6.09 Å². The Morgan fingerprint density at radius 1 is 1.50 bits per heavy atom. The number of aryl methyl sites for hydroxylation is 1. The Labute approximate surface area is 107 Å². The van der Waals surface area contributed by atoms with Gasteiger partial charge in [0.2, 0.25) is 0 Å². The van der Waals surface area contributed by atoms with Crippen LogP contribution >= 0.6 is 0 Å². The summed E-state index contributed by atoms with van der Waals surface area (Å²) in [5, 5.41) is 9.61. The molecule has 1 aliphatic rings. The Hall–Kier alpha value is -1.55. The fraction of sp³-hybridized carbons (Fsp3) is 0.500. The Morgan fingerprint density at radius 3 is 2.89 bits per heavy atom. The molecule has 1 aromatic carbocycles. The lowest BCUT2D eigenvalue weighted by molar-refractivity contribution is 0.133. The van der Waals surface area contributed by atoms with Crippen LogP contribution in [0.4, 0.5) is 10.5 Å². The minimum Gasteiger partial charge on any atom is -0.449 e. The van der Waals surface area contributed by atoms with Crippen molar-refractivity contribution in [2.24, 2.45) is 0 Å². The van der Waals surface area contributed by atoms with Gasteiger partial charge in [0, 0.05) is 0 Å². The SMILES string of the molecule is CCOC(=O)N1c2ccccc2CCC1(C)CO. The highest BCUT2D eigenvalue weighted by Gasteiger charge is 2.40. The zero-order valence-corrected chi connectivity index (χ0v) is 10.8. The molecule has 0 saturated heterocycles. The zero-order valence-electron chi connectivity index (χ0n) is 10.8. The molecule has 98 valence electrons. The first-order valence-corrected chi connectivity index (χ1v) is 6.28. The number of rotatable bonds is 2. The van der Waals surface area contributed by atoms with Gasteiger partial charge < -0.3 is 9.84 Å². The Balaban J connectivity index is 2.44. The van der Waals surface area contributed by atoms with E-state index in [9.17, 15) is 9.90 Å². The van der Waals surface area contributed by atoms with E-state index in [2.05, 4.69) is 0 Å². The van der Waals surface area contributed by atoms with Crippen LogP contribution in [-0.2, 0) is 11.2 Å². The van der Waals surface area contributed by atoms with Crippen LogP contribution in [-0.4, -0.2) is 30.0 Å². The molecule has 1 amide bonds. The Bertz CT molecular complexity index is 446. The van der Waals surface area contributed by atoms with Crippen LogP contribution in [0.25, 0.3) is 0 Å². The normalized spacial score (nSPS) is 22.5. The Morgan fingerprint density at radius 2 is 2.22 bits per heavy atom. The molecule has 0 radical (unpaired) electrons. The summed E-state index contributed by atoms with van der Waals surface area (Å²) < 4.78 is 5.11. The fourth-order valence-corrected chi connectivity index (χ4v) is 2.40. The minimum atomic E-state index is -0.583. The summed E-state index contributed by atoms with van der Waals surface area (Å²) in [6, 6.07) is 7.77. The van der Waals surface area contributed by atoms with E-state index < -0.39 is 5.54 Å². The van der Waals surface area contributed by atoms with Crippen LogP contribution in [0.2, 0.25) is 0 Å². The lowest BCUT2D eigenvalue weighted by atomic mass is 9.86. The first kappa shape index (κ1) is 12.9. The second kappa shape index (κ2) is 4.98. The molecular weight excluding hydrogens is 230 g/mol. The van der Waals surface area contributed by atoms with Crippen molar-refractivity contribution in [3.05, 3.63) is 29.8 Å². The van der Waals surface area contributed by atoms with Gasteiger partial charge in [-0.2, -0.15) is 0 Å². The largest absolute Gasteiger partial charge is 0.449 e. The number of carbonyl (C=O) groups excluding carboxylic acids is 1. The molecule has 1 N–H and O–H groups in total. The molecule has 1 aliphatic heterocycles. The third-order valence-corrected chi connectivity index (χ3v) is 3.50. The molecule has 4 nitrogen and oxygen atoms in total. The molecule has 0 saturated carbocycles. The molecule has 0 fully saturated rings. The van der Waals surface area contributed by atoms with Gasteiger partial charge in [-0.25, -0.2) is 4.79 Å². The molecule has 0 bridgehead atoms. The van der Waals surface area contributed by atoms with E-state index >= 15 is 0 Å². The predicted octanol–water partition coefficient (Wildman–Crippen LogP) is 2.35. The number of hydrogen-bond acceptors (Lipinski definition) is 3. The average Bonchev–Trinajstić information content (AvgIpc) is 2.38. The van der Waals surface area contributed by atoms with E-state index in [1.165, 1.54) is 0 Å². The quantitative estimate of drug-likeness (QED) is 0.875. The zero-order chi connectivity index (χ0) is 13.2. The number of fused-ring (bicyclic) bond motifs is 1. The summed E-state index contributed by atoms with van der Waals surface area (Å²) in [4.78, 5) is 13.7. The summed E-state index contributed by atoms with van der Waals surface area (Å²) in [5.74, 6) is 0. The smallest absolute Gasteiger partial charge is 0.414 e. The topological polar surface area (TPSA) is 49.8 Å². The van der Waals surface area contributed by atoms with Crippen molar-refractivity contribution in [2.75, 3.05) is 18.1 Å². The number of aliphatic hydroxyl groups excluding tert-OH is 1. The van der Waals surface area contributed by atoms with Crippen LogP contribution in [0.1, 0.15) is 25.8 Å². The maximum Gasteiger partial charge on any atom is 0.414 e. The van der Waals surface area contributed by atoms with Crippen molar-refractivity contribution in [1.82, 2.24) is 0 Å². The van der Waals surface area contributed by atoms with Gasteiger partial charge in [0.1, 0.15) is 0 Å². The highest BCUT2D eigenvalue weighted by Crippen LogP contribution is 2.37.